The van der Waals surface area contributed by atoms with Crippen molar-refractivity contribution in [1.29, 1.82) is 0 Å². The smallest absolute Gasteiger partial charge is 0.261 e. The van der Waals surface area contributed by atoms with Crippen LogP contribution in [-0.2, 0) is 18.0 Å². The number of aliphatic hydroxyl groups is 1. The van der Waals surface area contributed by atoms with Gasteiger partial charge in [-0.25, -0.2) is 0 Å². The number of benzene rings is 2. The van der Waals surface area contributed by atoms with Crippen molar-refractivity contribution in [1.82, 2.24) is 0 Å². The third-order valence-electron chi connectivity index (χ3n) is 3.66. The molecule has 0 amide bonds. The molecule has 24 heavy (non-hydrogen) atoms. The molecule has 0 aliphatic rings. The summed E-state index contributed by atoms with van der Waals surface area (Å²) in [4.78, 5) is 0. The van der Waals surface area contributed by atoms with Crippen LogP contribution < -0.4 is 10.1 Å². The van der Waals surface area contributed by atoms with Crippen LogP contribution in [0.3, 0.4) is 0 Å². The molecule has 0 saturated carbocycles. The minimum Gasteiger partial charge on any atom is -0.489 e. The van der Waals surface area contributed by atoms with Crippen molar-refractivity contribution in [2.75, 3.05) is 11.9 Å². The molecule has 2 aromatic rings. The molecule has 0 aliphatic heterocycles. The third kappa shape index (κ3) is 4.69. The maximum atomic E-state index is 9.62. The summed E-state index contributed by atoms with van der Waals surface area (Å²) in [5.41, 5.74) is 4.71. The average Bonchev–Trinajstić information content (AvgIpc) is 2.55. The maximum Gasteiger partial charge on any atom is 0.261 e. The van der Waals surface area contributed by atoms with Crippen LogP contribution in [-0.4, -0.2) is 16.9 Å². The second kappa shape index (κ2) is 8.66. The highest BCUT2D eigenvalue weighted by Crippen LogP contribution is 2.25. The van der Waals surface area contributed by atoms with Gasteiger partial charge in [-0.15, -0.1) is 0 Å². The molecule has 5 heteroatoms. The zero-order chi connectivity index (χ0) is 17.5. The Labute approximate surface area is 148 Å². The lowest BCUT2D eigenvalue weighted by Gasteiger charge is -2.17. The maximum absolute atomic E-state index is 9.62. The van der Waals surface area contributed by atoms with E-state index in [1.807, 2.05) is 44.2 Å². The first kappa shape index (κ1) is 18.2. The van der Waals surface area contributed by atoms with Crippen LogP contribution in [0.4, 0.5) is 5.69 Å². The Hall–Kier alpha value is -2.11. The van der Waals surface area contributed by atoms with Crippen LogP contribution in [0.2, 0.25) is 0 Å². The Morgan fingerprint density at radius 3 is 2.67 bits per heavy atom. The summed E-state index contributed by atoms with van der Waals surface area (Å²) in [6.07, 6.45) is 0. The number of rotatable bonds is 6. The lowest BCUT2D eigenvalue weighted by atomic mass is 10.1. The van der Waals surface area contributed by atoms with E-state index in [0.29, 0.717) is 18.4 Å². The van der Waals surface area contributed by atoms with Crippen molar-refractivity contribution in [2.45, 2.75) is 34.0 Å². The standard InChI is InChI=1S/C19H23NO3S/c1-4-22-19(24)20-17-7-5-6-15(11-21)16(17)12-23-18-9-8-13(2)10-14(18)3/h5-10,21H,4,11-12H2,1-3H3,(H,20,24). The van der Waals surface area contributed by atoms with Crippen molar-refractivity contribution in [3.8, 4) is 5.75 Å². The van der Waals surface area contributed by atoms with Crippen molar-refractivity contribution in [3.05, 3.63) is 58.7 Å². The molecule has 4 nitrogen and oxygen atoms in total. The number of anilines is 1. The van der Waals surface area contributed by atoms with Gasteiger partial charge in [0.2, 0.25) is 0 Å². The van der Waals surface area contributed by atoms with Gasteiger partial charge in [-0.1, -0.05) is 29.8 Å². The second-order valence-electron chi connectivity index (χ2n) is 5.50. The Balaban J connectivity index is 2.22. The van der Waals surface area contributed by atoms with Crippen molar-refractivity contribution in [3.63, 3.8) is 0 Å². The molecule has 0 unspecified atom stereocenters. The molecule has 0 aliphatic carbocycles. The average molecular weight is 345 g/mol. The number of ether oxygens (including phenoxy) is 2. The topological polar surface area (TPSA) is 50.7 Å². The van der Waals surface area contributed by atoms with E-state index in [-0.39, 0.29) is 6.61 Å². The first-order chi connectivity index (χ1) is 11.5. The highest BCUT2D eigenvalue weighted by atomic mass is 32.1. The third-order valence-corrected chi connectivity index (χ3v) is 3.88. The summed E-state index contributed by atoms with van der Waals surface area (Å²) in [6.45, 7) is 6.71. The van der Waals surface area contributed by atoms with E-state index in [1.165, 1.54) is 5.56 Å². The Morgan fingerprint density at radius 2 is 2.00 bits per heavy atom. The molecular formula is C19H23NO3S. The SMILES string of the molecule is CCOC(=S)Nc1cccc(CO)c1COc1ccc(C)cc1C. The number of hydrogen-bond acceptors (Lipinski definition) is 4. The largest absolute Gasteiger partial charge is 0.489 e. The second-order valence-corrected chi connectivity index (χ2v) is 5.88. The van der Waals surface area contributed by atoms with Gasteiger partial charge in [-0.3, -0.25) is 0 Å². The zero-order valence-corrected chi connectivity index (χ0v) is 15.1. The Kier molecular flexibility index (Phi) is 6.58. The molecule has 2 rings (SSSR count). The van der Waals surface area contributed by atoms with Crippen LogP contribution in [0.5, 0.6) is 5.75 Å². The summed E-state index contributed by atoms with van der Waals surface area (Å²) < 4.78 is 11.3. The fourth-order valence-corrected chi connectivity index (χ4v) is 2.69. The van der Waals surface area contributed by atoms with Gasteiger partial charge in [-0.2, -0.15) is 0 Å². The minimum absolute atomic E-state index is 0.0670. The van der Waals surface area contributed by atoms with Gasteiger partial charge in [0.1, 0.15) is 12.4 Å². The molecule has 0 heterocycles. The van der Waals surface area contributed by atoms with E-state index >= 15 is 0 Å². The monoisotopic (exact) mass is 345 g/mol. The molecule has 128 valence electrons. The number of aryl methyl sites for hydroxylation is 2. The molecule has 0 radical (unpaired) electrons. The predicted molar refractivity (Wildman–Crippen MR) is 100 cm³/mol. The van der Waals surface area contributed by atoms with Crippen molar-refractivity contribution < 1.29 is 14.6 Å². The Morgan fingerprint density at radius 1 is 1.21 bits per heavy atom. The lowest BCUT2D eigenvalue weighted by Crippen LogP contribution is -2.16. The molecule has 2 aromatic carbocycles. The van der Waals surface area contributed by atoms with Gasteiger partial charge in [0.15, 0.2) is 0 Å². The highest BCUT2D eigenvalue weighted by Gasteiger charge is 2.11. The van der Waals surface area contributed by atoms with Crippen LogP contribution in [0, 0.1) is 13.8 Å². The van der Waals surface area contributed by atoms with Crippen LogP contribution in [0.25, 0.3) is 0 Å². The fraction of sp³-hybridized carbons (Fsp3) is 0.316. The summed E-state index contributed by atoms with van der Waals surface area (Å²) in [5.74, 6) is 0.826. The van der Waals surface area contributed by atoms with Crippen LogP contribution in [0.1, 0.15) is 29.2 Å². The van der Waals surface area contributed by atoms with E-state index in [1.54, 1.807) is 0 Å². The van der Waals surface area contributed by atoms with Crippen LogP contribution >= 0.6 is 12.2 Å². The van der Waals surface area contributed by atoms with E-state index in [4.69, 9.17) is 21.7 Å². The zero-order valence-electron chi connectivity index (χ0n) is 14.3. The van der Waals surface area contributed by atoms with Crippen molar-refractivity contribution in [2.24, 2.45) is 0 Å². The van der Waals surface area contributed by atoms with E-state index in [2.05, 4.69) is 18.3 Å². The van der Waals surface area contributed by atoms with Gasteiger partial charge in [0.05, 0.1) is 13.2 Å². The highest BCUT2D eigenvalue weighted by molar-refractivity contribution is 7.80. The number of thiocarbonyl (C=S) groups is 1. The fourth-order valence-electron chi connectivity index (χ4n) is 2.46. The predicted octanol–water partition coefficient (Wildman–Crippen LogP) is 4.11. The number of aliphatic hydroxyl groups excluding tert-OH is 1. The summed E-state index contributed by atoms with van der Waals surface area (Å²) >= 11 is 5.15. The van der Waals surface area contributed by atoms with Gasteiger partial charge >= 0.3 is 0 Å². The van der Waals surface area contributed by atoms with Gasteiger partial charge in [-0.05, 0) is 56.2 Å². The molecule has 0 aromatic heterocycles. The first-order valence-corrected chi connectivity index (χ1v) is 8.31. The van der Waals surface area contributed by atoms with Crippen molar-refractivity contribution >= 4 is 23.1 Å². The van der Waals surface area contributed by atoms with E-state index in [9.17, 15) is 5.11 Å². The molecule has 0 bridgehead atoms. The molecule has 0 fully saturated rings. The van der Waals surface area contributed by atoms with Crippen LogP contribution in [0.15, 0.2) is 36.4 Å². The van der Waals surface area contributed by atoms with Gasteiger partial charge in [0, 0.05) is 11.3 Å². The lowest BCUT2D eigenvalue weighted by molar-refractivity contribution is 0.269. The summed E-state index contributed by atoms with van der Waals surface area (Å²) in [7, 11) is 0. The molecule has 0 saturated heterocycles. The molecule has 0 spiro atoms. The minimum atomic E-state index is -0.0670. The van der Waals surface area contributed by atoms with Gasteiger partial charge in [0.25, 0.3) is 5.17 Å². The summed E-state index contributed by atoms with van der Waals surface area (Å²) in [5, 5.41) is 13.0. The van der Waals surface area contributed by atoms with Gasteiger partial charge < -0.3 is 19.9 Å². The quantitative estimate of drug-likeness (QED) is 0.772. The molecule has 0 atom stereocenters. The molecule has 2 N–H and O–H groups in total. The summed E-state index contributed by atoms with van der Waals surface area (Å²) in [6, 6.07) is 11.7. The number of nitrogens with one attached hydrogen (secondary N) is 1. The first-order valence-electron chi connectivity index (χ1n) is 7.90. The van der Waals surface area contributed by atoms with E-state index in [0.717, 1.165) is 28.1 Å². The normalized spacial score (nSPS) is 10.3. The van der Waals surface area contributed by atoms with E-state index < -0.39 is 0 Å². The molecular weight excluding hydrogens is 322 g/mol. The number of hydrogen-bond donors (Lipinski definition) is 2. The Bertz CT molecular complexity index is 716.